The van der Waals surface area contributed by atoms with Crippen molar-refractivity contribution in [2.24, 2.45) is 5.84 Å². The van der Waals surface area contributed by atoms with Gasteiger partial charge in [0.05, 0.1) is 18.7 Å². The highest BCUT2D eigenvalue weighted by atomic mass is 16.5. The summed E-state index contributed by atoms with van der Waals surface area (Å²) in [7, 11) is 0. The van der Waals surface area contributed by atoms with Crippen molar-refractivity contribution in [3.63, 3.8) is 0 Å². The molecule has 0 saturated heterocycles. The Balaban J connectivity index is 2.52. The fourth-order valence-corrected chi connectivity index (χ4v) is 1.75. The van der Waals surface area contributed by atoms with Crippen LogP contribution in [0.5, 0.6) is 11.5 Å². The minimum atomic E-state index is 0.584. The molecule has 0 aliphatic carbocycles. The Kier molecular flexibility index (Phi) is 3.84. The average Bonchev–Trinajstić information content (AvgIpc) is 2.39. The molecule has 1 aromatic carbocycles. The molecule has 0 saturated carbocycles. The van der Waals surface area contributed by atoms with Gasteiger partial charge in [0.25, 0.3) is 0 Å². The highest BCUT2D eigenvalue weighted by Crippen LogP contribution is 2.32. The van der Waals surface area contributed by atoms with Gasteiger partial charge in [-0.2, -0.15) is 0 Å². The molecule has 2 rings (SSSR count). The molecule has 1 heterocycles. The number of benzene rings is 1. The molecular weight excluding hydrogens is 230 g/mol. The van der Waals surface area contributed by atoms with Crippen LogP contribution in [-0.2, 0) is 0 Å². The molecular formula is C13H17N3O2. The van der Waals surface area contributed by atoms with Crippen LogP contribution < -0.4 is 20.7 Å². The van der Waals surface area contributed by atoms with Crippen LogP contribution in [0.1, 0.15) is 13.8 Å². The Morgan fingerprint density at radius 2 is 1.78 bits per heavy atom. The lowest BCUT2D eigenvalue weighted by molar-refractivity contribution is 0.288. The number of hydrazine groups is 1. The molecule has 96 valence electrons. The number of ether oxygens (including phenoxy) is 2. The Labute approximate surface area is 106 Å². The van der Waals surface area contributed by atoms with Gasteiger partial charge in [0, 0.05) is 11.5 Å². The molecule has 0 atom stereocenters. The SMILES string of the molecule is CCOc1cc2ccc(NN)nc2cc1OCC. The van der Waals surface area contributed by atoms with E-state index in [9.17, 15) is 0 Å². The highest BCUT2D eigenvalue weighted by Gasteiger charge is 2.08. The molecule has 0 bridgehead atoms. The smallest absolute Gasteiger partial charge is 0.163 e. The van der Waals surface area contributed by atoms with E-state index in [1.807, 2.05) is 38.1 Å². The first-order valence-electron chi connectivity index (χ1n) is 5.95. The zero-order valence-electron chi connectivity index (χ0n) is 10.6. The summed E-state index contributed by atoms with van der Waals surface area (Å²) in [5.41, 5.74) is 3.34. The number of nitrogen functional groups attached to an aromatic ring is 1. The molecule has 1 aromatic heterocycles. The minimum Gasteiger partial charge on any atom is -0.490 e. The van der Waals surface area contributed by atoms with Crippen molar-refractivity contribution in [2.45, 2.75) is 13.8 Å². The third-order valence-corrected chi connectivity index (χ3v) is 2.50. The van der Waals surface area contributed by atoms with Gasteiger partial charge in [-0.05, 0) is 32.0 Å². The lowest BCUT2D eigenvalue weighted by Gasteiger charge is -2.12. The highest BCUT2D eigenvalue weighted by molar-refractivity contribution is 5.84. The average molecular weight is 247 g/mol. The van der Waals surface area contributed by atoms with Crippen LogP contribution in [0.25, 0.3) is 10.9 Å². The second kappa shape index (κ2) is 5.55. The molecule has 5 heteroatoms. The van der Waals surface area contributed by atoms with Crippen molar-refractivity contribution in [1.82, 2.24) is 4.98 Å². The number of aromatic nitrogens is 1. The Morgan fingerprint density at radius 1 is 1.11 bits per heavy atom. The summed E-state index contributed by atoms with van der Waals surface area (Å²) in [4.78, 5) is 4.37. The topological polar surface area (TPSA) is 69.4 Å². The van der Waals surface area contributed by atoms with Gasteiger partial charge in [-0.25, -0.2) is 10.8 Å². The van der Waals surface area contributed by atoms with Gasteiger partial charge in [0.15, 0.2) is 11.5 Å². The molecule has 2 aromatic rings. The minimum absolute atomic E-state index is 0.584. The number of fused-ring (bicyclic) bond motifs is 1. The Bertz CT molecular complexity index is 543. The summed E-state index contributed by atoms with van der Waals surface area (Å²) >= 11 is 0. The molecule has 0 unspecified atom stereocenters. The number of anilines is 1. The Hall–Kier alpha value is -2.01. The van der Waals surface area contributed by atoms with Gasteiger partial charge in [-0.15, -0.1) is 0 Å². The van der Waals surface area contributed by atoms with Crippen LogP contribution in [0, 0.1) is 0 Å². The predicted octanol–water partition coefficient (Wildman–Crippen LogP) is 2.32. The maximum absolute atomic E-state index is 5.56. The van der Waals surface area contributed by atoms with Crippen molar-refractivity contribution in [3.8, 4) is 11.5 Å². The van der Waals surface area contributed by atoms with Crippen LogP contribution >= 0.6 is 0 Å². The quantitative estimate of drug-likeness (QED) is 0.627. The van der Waals surface area contributed by atoms with Crippen molar-refractivity contribution in [3.05, 3.63) is 24.3 Å². The lowest BCUT2D eigenvalue weighted by Crippen LogP contribution is -2.08. The summed E-state index contributed by atoms with van der Waals surface area (Å²) in [5, 5.41) is 0.987. The zero-order valence-corrected chi connectivity index (χ0v) is 10.6. The predicted molar refractivity (Wildman–Crippen MR) is 71.9 cm³/mol. The number of nitrogens with zero attached hydrogens (tertiary/aromatic N) is 1. The lowest BCUT2D eigenvalue weighted by atomic mass is 10.2. The van der Waals surface area contributed by atoms with Crippen molar-refractivity contribution < 1.29 is 9.47 Å². The van der Waals surface area contributed by atoms with Gasteiger partial charge in [0.2, 0.25) is 0 Å². The Morgan fingerprint density at radius 3 is 2.39 bits per heavy atom. The van der Waals surface area contributed by atoms with Gasteiger partial charge in [0.1, 0.15) is 5.82 Å². The van der Waals surface area contributed by atoms with Crippen molar-refractivity contribution in [1.29, 1.82) is 0 Å². The van der Waals surface area contributed by atoms with E-state index in [1.165, 1.54) is 0 Å². The van der Waals surface area contributed by atoms with E-state index >= 15 is 0 Å². The molecule has 0 fully saturated rings. The zero-order chi connectivity index (χ0) is 13.0. The van der Waals surface area contributed by atoms with Gasteiger partial charge >= 0.3 is 0 Å². The standard InChI is InChI=1S/C13H17N3O2/c1-3-17-11-7-9-5-6-13(16-14)15-10(9)8-12(11)18-4-2/h5-8H,3-4,14H2,1-2H3,(H,15,16). The van der Waals surface area contributed by atoms with E-state index < -0.39 is 0 Å². The molecule has 0 spiro atoms. The largest absolute Gasteiger partial charge is 0.490 e. The first kappa shape index (κ1) is 12.4. The third kappa shape index (κ3) is 2.46. The first-order chi connectivity index (χ1) is 8.78. The number of hydrogen-bond acceptors (Lipinski definition) is 5. The summed E-state index contributed by atoms with van der Waals surface area (Å²) < 4.78 is 11.1. The van der Waals surface area contributed by atoms with Gasteiger partial charge in [-0.1, -0.05) is 0 Å². The fraction of sp³-hybridized carbons (Fsp3) is 0.308. The maximum Gasteiger partial charge on any atom is 0.163 e. The normalized spacial score (nSPS) is 10.4. The van der Waals surface area contributed by atoms with Crippen LogP contribution in [0.4, 0.5) is 5.82 Å². The summed E-state index contributed by atoms with van der Waals surface area (Å²) in [6, 6.07) is 7.55. The maximum atomic E-state index is 5.56. The van der Waals surface area contributed by atoms with Crippen molar-refractivity contribution >= 4 is 16.7 Å². The molecule has 0 aliphatic rings. The van der Waals surface area contributed by atoms with E-state index in [2.05, 4.69) is 10.4 Å². The summed E-state index contributed by atoms with van der Waals surface area (Å²) in [5.74, 6) is 7.41. The van der Waals surface area contributed by atoms with Crippen LogP contribution in [0.3, 0.4) is 0 Å². The summed E-state index contributed by atoms with van der Waals surface area (Å²) in [6.45, 7) is 5.06. The number of rotatable bonds is 5. The monoisotopic (exact) mass is 247 g/mol. The number of pyridine rings is 1. The number of nitrogens with one attached hydrogen (secondary N) is 1. The first-order valence-corrected chi connectivity index (χ1v) is 5.95. The number of hydrogen-bond donors (Lipinski definition) is 2. The number of nitrogens with two attached hydrogens (primary N) is 1. The molecule has 5 nitrogen and oxygen atoms in total. The van der Waals surface area contributed by atoms with Gasteiger partial charge < -0.3 is 14.9 Å². The summed E-state index contributed by atoms with van der Waals surface area (Å²) in [6.07, 6.45) is 0. The van der Waals surface area contributed by atoms with Crippen LogP contribution in [-0.4, -0.2) is 18.2 Å². The van der Waals surface area contributed by atoms with Crippen LogP contribution in [0.2, 0.25) is 0 Å². The fourth-order valence-electron chi connectivity index (χ4n) is 1.75. The van der Waals surface area contributed by atoms with Crippen molar-refractivity contribution in [2.75, 3.05) is 18.6 Å². The molecule has 0 radical (unpaired) electrons. The second-order valence-corrected chi connectivity index (χ2v) is 3.70. The molecule has 18 heavy (non-hydrogen) atoms. The second-order valence-electron chi connectivity index (χ2n) is 3.70. The van der Waals surface area contributed by atoms with E-state index in [0.29, 0.717) is 24.8 Å². The molecule has 0 amide bonds. The van der Waals surface area contributed by atoms with E-state index in [1.54, 1.807) is 0 Å². The van der Waals surface area contributed by atoms with Crippen LogP contribution in [0.15, 0.2) is 24.3 Å². The molecule has 3 N–H and O–H groups in total. The van der Waals surface area contributed by atoms with E-state index in [-0.39, 0.29) is 0 Å². The third-order valence-electron chi connectivity index (χ3n) is 2.50. The van der Waals surface area contributed by atoms with Gasteiger partial charge in [-0.3, -0.25) is 0 Å². The van der Waals surface area contributed by atoms with E-state index in [0.717, 1.165) is 16.7 Å². The molecule has 0 aliphatic heterocycles. The van der Waals surface area contributed by atoms with E-state index in [4.69, 9.17) is 15.3 Å².